The molecule has 1 saturated heterocycles. The molecule has 1 aromatic carbocycles. The molecular formula is C16H18O3. The average molecular weight is 258 g/mol. The molecule has 0 radical (unpaired) electrons. The molecule has 0 N–H and O–H groups in total. The number of Topliss-reactive ketones (excluding diaryl/α,β-unsaturated/α-hetero) is 1. The van der Waals surface area contributed by atoms with Crippen molar-refractivity contribution in [1.82, 2.24) is 0 Å². The van der Waals surface area contributed by atoms with Crippen LogP contribution in [-0.4, -0.2) is 24.8 Å². The van der Waals surface area contributed by atoms with Crippen molar-refractivity contribution >= 4 is 5.78 Å². The summed E-state index contributed by atoms with van der Waals surface area (Å²) in [6.45, 7) is 1.37. The molecule has 2 atom stereocenters. The summed E-state index contributed by atoms with van der Waals surface area (Å²) < 4.78 is 11.9. The van der Waals surface area contributed by atoms with E-state index < -0.39 is 5.79 Å². The van der Waals surface area contributed by atoms with Crippen molar-refractivity contribution in [2.24, 2.45) is 0 Å². The van der Waals surface area contributed by atoms with Gasteiger partial charge in [-0.05, 0) is 23.0 Å². The van der Waals surface area contributed by atoms with Gasteiger partial charge in [-0.2, -0.15) is 0 Å². The maximum atomic E-state index is 12.1. The largest absolute Gasteiger partial charge is 0.347 e. The monoisotopic (exact) mass is 258 g/mol. The Balaban J connectivity index is 1.82. The van der Waals surface area contributed by atoms with Crippen molar-refractivity contribution in [3.05, 3.63) is 35.4 Å². The van der Waals surface area contributed by atoms with E-state index in [-0.39, 0.29) is 11.8 Å². The number of rotatable bonds is 0. The minimum Gasteiger partial charge on any atom is -0.347 e. The molecule has 3 heteroatoms. The average Bonchev–Trinajstić information content (AvgIpc) is 2.74. The second-order valence-electron chi connectivity index (χ2n) is 5.99. The quantitative estimate of drug-likeness (QED) is 0.718. The van der Waals surface area contributed by atoms with E-state index in [1.54, 1.807) is 0 Å². The highest BCUT2D eigenvalue weighted by Crippen LogP contribution is 2.50. The minimum absolute atomic E-state index is 0.259. The van der Waals surface area contributed by atoms with Gasteiger partial charge in [-0.25, -0.2) is 0 Å². The number of hydrogen-bond donors (Lipinski definition) is 0. The molecule has 2 aliphatic carbocycles. The maximum Gasteiger partial charge on any atom is 0.169 e. The Kier molecular flexibility index (Phi) is 2.54. The van der Waals surface area contributed by atoms with Crippen LogP contribution in [0.5, 0.6) is 0 Å². The fourth-order valence-corrected chi connectivity index (χ4v) is 4.04. The van der Waals surface area contributed by atoms with Crippen LogP contribution in [0.15, 0.2) is 24.3 Å². The van der Waals surface area contributed by atoms with Gasteiger partial charge in [-0.3, -0.25) is 4.79 Å². The van der Waals surface area contributed by atoms with Gasteiger partial charge in [-0.1, -0.05) is 24.3 Å². The van der Waals surface area contributed by atoms with Gasteiger partial charge in [-0.15, -0.1) is 0 Å². The first-order valence-corrected chi connectivity index (χ1v) is 7.14. The maximum absolute atomic E-state index is 12.1. The Bertz CT molecular complexity index is 477. The predicted octanol–water partition coefficient (Wildman–Crippen LogP) is 2.75. The fourth-order valence-electron chi connectivity index (χ4n) is 4.04. The second-order valence-corrected chi connectivity index (χ2v) is 5.99. The summed E-state index contributed by atoms with van der Waals surface area (Å²) in [7, 11) is 0. The van der Waals surface area contributed by atoms with Crippen LogP contribution in [0.2, 0.25) is 0 Å². The van der Waals surface area contributed by atoms with Gasteiger partial charge >= 0.3 is 0 Å². The van der Waals surface area contributed by atoms with Crippen molar-refractivity contribution in [2.45, 2.75) is 43.3 Å². The molecule has 1 aromatic rings. The molecule has 0 saturated carbocycles. The van der Waals surface area contributed by atoms with E-state index in [2.05, 4.69) is 24.3 Å². The number of ketones is 1. The molecule has 3 nitrogen and oxygen atoms in total. The summed E-state index contributed by atoms with van der Waals surface area (Å²) in [6.07, 6.45) is 2.93. The zero-order valence-corrected chi connectivity index (χ0v) is 10.9. The van der Waals surface area contributed by atoms with E-state index in [4.69, 9.17) is 9.47 Å². The summed E-state index contributed by atoms with van der Waals surface area (Å²) in [5.74, 6) is 0.470. The Morgan fingerprint density at radius 3 is 2.00 bits per heavy atom. The molecule has 19 heavy (non-hydrogen) atoms. The molecule has 4 rings (SSSR count). The third-order valence-corrected chi connectivity index (χ3v) is 4.75. The van der Waals surface area contributed by atoms with E-state index in [0.29, 0.717) is 31.8 Å². The molecule has 1 aliphatic heterocycles. The van der Waals surface area contributed by atoms with Crippen LogP contribution in [-0.2, 0) is 14.3 Å². The molecular weight excluding hydrogens is 240 g/mol. The Hall–Kier alpha value is -1.19. The Labute approximate surface area is 112 Å². The molecule has 0 aromatic heterocycles. The van der Waals surface area contributed by atoms with E-state index in [1.165, 1.54) is 11.1 Å². The lowest BCUT2D eigenvalue weighted by Gasteiger charge is -2.32. The zero-order valence-electron chi connectivity index (χ0n) is 10.9. The second kappa shape index (κ2) is 4.15. The lowest BCUT2D eigenvalue weighted by Crippen LogP contribution is -2.34. The smallest absolute Gasteiger partial charge is 0.169 e. The Morgan fingerprint density at radius 2 is 1.47 bits per heavy atom. The normalized spacial score (nSPS) is 32.1. The highest BCUT2D eigenvalue weighted by Gasteiger charge is 2.47. The molecule has 2 bridgehead atoms. The van der Waals surface area contributed by atoms with Crippen molar-refractivity contribution in [2.75, 3.05) is 13.2 Å². The molecule has 1 spiro atoms. The zero-order chi connectivity index (χ0) is 12.9. The van der Waals surface area contributed by atoms with E-state index in [1.807, 2.05) is 0 Å². The van der Waals surface area contributed by atoms with Crippen LogP contribution in [0.25, 0.3) is 0 Å². The highest BCUT2D eigenvalue weighted by atomic mass is 16.7. The van der Waals surface area contributed by atoms with Crippen molar-refractivity contribution in [1.29, 1.82) is 0 Å². The third kappa shape index (κ3) is 1.84. The van der Waals surface area contributed by atoms with Gasteiger partial charge in [0, 0.05) is 25.7 Å². The van der Waals surface area contributed by atoms with Crippen LogP contribution in [0.3, 0.4) is 0 Å². The van der Waals surface area contributed by atoms with Gasteiger partial charge in [0.2, 0.25) is 0 Å². The fraction of sp³-hybridized carbons (Fsp3) is 0.562. The molecule has 0 amide bonds. The molecule has 1 fully saturated rings. The van der Waals surface area contributed by atoms with Crippen LogP contribution >= 0.6 is 0 Å². The van der Waals surface area contributed by atoms with Crippen LogP contribution in [0, 0.1) is 0 Å². The van der Waals surface area contributed by atoms with Gasteiger partial charge < -0.3 is 9.47 Å². The lowest BCUT2D eigenvalue weighted by atomic mass is 9.85. The predicted molar refractivity (Wildman–Crippen MR) is 70.0 cm³/mol. The van der Waals surface area contributed by atoms with Gasteiger partial charge in [0.1, 0.15) is 5.78 Å². The number of carbonyl (C=O) groups excluding carboxylic acids is 1. The topological polar surface area (TPSA) is 35.5 Å². The van der Waals surface area contributed by atoms with Crippen molar-refractivity contribution in [3.8, 4) is 0 Å². The van der Waals surface area contributed by atoms with E-state index in [9.17, 15) is 4.79 Å². The first-order valence-electron chi connectivity index (χ1n) is 7.14. The van der Waals surface area contributed by atoms with E-state index in [0.717, 1.165) is 12.8 Å². The van der Waals surface area contributed by atoms with Crippen molar-refractivity contribution in [3.63, 3.8) is 0 Å². The number of benzene rings is 1. The number of hydrogen-bond acceptors (Lipinski definition) is 3. The summed E-state index contributed by atoms with van der Waals surface area (Å²) in [5, 5.41) is 0. The lowest BCUT2D eigenvalue weighted by molar-refractivity contribution is -0.175. The first kappa shape index (κ1) is 11.6. The van der Waals surface area contributed by atoms with Crippen LogP contribution in [0.4, 0.5) is 0 Å². The van der Waals surface area contributed by atoms with Crippen LogP contribution < -0.4 is 0 Å². The highest BCUT2D eigenvalue weighted by molar-refractivity contribution is 5.81. The third-order valence-electron chi connectivity index (χ3n) is 4.75. The standard InChI is InChI=1S/C16H18O3/c17-13-7-11-9-16(18-5-6-19-16)10-12(8-13)15-4-2-1-3-14(11)15/h1-4,11-12H,5-10H2. The Morgan fingerprint density at radius 1 is 0.947 bits per heavy atom. The number of carbonyl (C=O) groups is 1. The minimum atomic E-state index is -0.435. The van der Waals surface area contributed by atoms with Gasteiger partial charge in [0.25, 0.3) is 0 Å². The summed E-state index contributed by atoms with van der Waals surface area (Å²) >= 11 is 0. The summed E-state index contributed by atoms with van der Waals surface area (Å²) in [4.78, 5) is 12.1. The van der Waals surface area contributed by atoms with E-state index >= 15 is 0 Å². The number of ether oxygens (including phenoxy) is 2. The van der Waals surface area contributed by atoms with Gasteiger partial charge in [0.15, 0.2) is 5.79 Å². The summed E-state index contributed by atoms with van der Waals surface area (Å²) in [5.41, 5.74) is 2.68. The molecule has 2 unspecified atom stereocenters. The SMILES string of the molecule is O=C1CC2CC3(CC(C1)c1ccccc12)OCCO3. The molecule has 100 valence electrons. The van der Waals surface area contributed by atoms with Gasteiger partial charge in [0.05, 0.1) is 13.2 Å². The molecule has 1 heterocycles. The van der Waals surface area contributed by atoms with Crippen molar-refractivity contribution < 1.29 is 14.3 Å². The molecule has 3 aliphatic rings. The first-order chi connectivity index (χ1) is 9.26. The van der Waals surface area contributed by atoms with Crippen LogP contribution in [0.1, 0.15) is 48.6 Å². The summed E-state index contributed by atoms with van der Waals surface area (Å²) in [6, 6.07) is 8.51.